The van der Waals surface area contributed by atoms with Gasteiger partial charge in [-0.2, -0.15) is 0 Å². The maximum Gasteiger partial charge on any atom is 0.274 e. The fraction of sp³-hybridized carbons (Fsp3) is 0.500. The zero-order valence-corrected chi connectivity index (χ0v) is 11.6. The second-order valence-electron chi connectivity index (χ2n) is 4.17. The summed E-state index contributed by atoms with van der Waals surface area (Å²) in [7, 11) is 1.55. The molecule has 1 aromatic rings. The Hall–Kier alpha value is -2.22. The number of methoxy groups -OCH3 is 1. The van der Waals surface area contributed by atoms with E-state index in [2.05, 4.69) is 15.1 Å². The minimum atomic E-state index is -0.264. The standard InChI is InChI=1S/C12H19N5O3/c1-9-7-15-10(8-14-9)12(18)17(5-6-20-2)4-3-11(13)16-19/h7-8,19H,3-6H2,1-2H3,(H2,13,16). The maximum absolute atomic E-state index is 12.3. The summed E-state index contributed by atoms with van der Waals surface area (Å²) in [5, 5.41) is 11.4. The number of carbonyl (C=O) groups excluding carboxylic acids is 1. The first-order valence-corrected chi connectivity index (χ1v) is 6.11. The largest absolute Gasteiger partial charge is 0.409 e. The summed E-state index contributed by atoms with van der Waals surface area (Å²) in [6.45, 7) is 2.89. The number of aromatic nitrogens is 2. The van der Waals surface area contributed by atoms with Crippen LogP contribution in [0, 0.1) is 6.92 Å². The van der Waals surface area contributed by atoms with E-state index in [1.54, 1.807) is 14.0 Å². The van der Waals surface area contributed by atoms with E-state index in [9.17, 15) is 4.79 Å². The topological polar surface area (TPSA) is 114 Å². The van der Waals surface area contributed by atoms with E-state index in [4.69, 9.17) is 15.7 Å². The molecule has 20 heavy (non-hydrogen) atoms. The van der Waals surface area contributed by atoms with Gasteiger partial charge in [-0.15, -0.1) is 0 Å². The molecule has 0 bridgehead atoms. The summed E-state index contributed by atoms with van der Waals surface area (Å²) < 4.78 is 4.97. The van der Waals surface area contributed by atoms with Gasteiger partial charge in [0.1, 0.15) is 11.5 Å². The Labute approximate surface area is 117 Å². The minimum Gasteiger partial charge on any atom is -0.409 e. The second-order valence-corrected chi connectivity index (χ2v) is 4.17. The summed E-state index contributed by atoms with van der Waals surface area (Å²) in [5.74, 6) is -0.199. The molecule has 1 heterocycles. The van der Waals surface area contributed by atoms with E-state index in [1.165, 1.54) is 17.3 Å². The smallest absolute Gasteiger partial charge is 0.274 e. The molecule has 1 rings (SSSR count). The van der Waals surface area contributed by atoms with Crippen molar-refractivity contribution < 1.29 is 14.7 Å². The third-order valence-electron chi connectivity index (χ3n) is 2.62. The highest BCUT2D eigenvalue weighted by atomic mass is 16.5. The quantitative estimate of drug-likeness (QED) is 0.315. The number of carbonyl (C=O) groups is 1. The van der Waals surface area contributed by atoms with Gasteiger partial charge >= 0.3 is 0 Å². The first kappa shape index (κ1) is 15.8. The number of aryl methyl sites for hydroxylation is 1. The Morgan fingerprint density at radius 2 is 2.20 bits per heavy atom. The lowest BCUT2D eigenvalue weighted by molar-refractivity contribution is 0.0694. The van der Waals surface area contributed by atoms with Crippen molar-refractivity contribution in [3.05, 3.63) is 23.8 Å². The van der Waals surface area contributed by atoms with Crippen LogP contribution < -0.4 is 5.73 Å². The number of hydrogen-bond acceptors (Lipinski definition) is 6. The Balaban J connectivity index is 2.75. The van der Waals surface area contributed by atoms with Crippen LogP contribution in [0.1, 0.15) is 22.6 Å². The molecule has 0 saturated carbocycles. The maximum atomic E-state index is 12.3. The van der Waals surface area contributed by atoms with E-state index in [1.807, 2.05) is 0 Å². The van der Waals surface area contributed by atoms with Crippen LogP contribution in [0.5, 0.6) is 0 Å². The first-order valence-electron chi connectivity index (χ1n) is 6.11. The normalized spacial score (nSPS) is 11.4. The zero-order valence-electron chi connectivity index (χ0n) is 11.6. The molecule has 0 aliphatic rings. The van der Waals surface area contributed by atoms with Gasteiger partial charge in [-0.25, -0.2) is 4.98 Å². The molecular formula is C12H19N5O3. The van der Waals surface area contributed by atoms with Crippen molar-refractivity contribution in [3.8, 4) is 0 Å². The third-order valence-corrected chi connectivity index (χ3v) is 2.62. The first-order chi connectivity index (χ1) is 9.58. The summed E-state index contributed by atoms with van der Waals surface area (Å²) >= 11 is 0. The van der Waals surface area contributed by atoms with Crippen molar-refractivity contribution in [1.82, 2.24) is 14.9 Å². The Morgan fingerprint density at radius 1 is 1.45 bits per heavy atom. The molecule has 0 aromatic carbocycles. The van der Waals surface area contributed by atoms with Crippen LogP contribution in [0.4, 0.5) is 0 Å². The molecule has 0 spiro atoms. The molecule has 0 aliphatic heterocycles. The number of ether oxygens (including phenoxy) is 1. The number of rotatable bonds is 7. The number of oxime groups is 1. The van der Waals surface area contributed by atoms with Crippen LogP contribution in [-0.2, 0) is 4.74 Å². The van der Waals surface area contributed by atoms with Crippen LogP contribution in [0.15, 0.2) is 17.5 Å². The molecule has 8 heteroatoms. The fourth-order valence-corrected chi connectivity index (χ4v) is 1.48. The van der Waals surface area contributed by atoms with E-state index in [0.29, 0.717) is 19.7 Å². The molecule has 0 radical (unpaired) electrons. The molecule has 0 unspecified atom stereocenters. The van der Waals surface area contributed by atoms with Gasteiger partial charge < -0.3 is 20.6 Å². The summed E-state index contributed by atoms with van der Waals surface area (Å²) in [5.41, 5.74) is 6.40. The lowest BCUT2D eigenvalue weighted by Crippen LogP contribution is -2.37. The highest BCUT2D eigenvalue weighted by Gasteiger charge is 2.17. The molecule has 1 aromatic heterocycles. The summed E-state index contributed by atoms with van der Waals surface area (Å²) in [6, 6.07) is 0. The second kappa shape index (κ2) is 8.05. The average Bonchev–Trinajstić information content (AvgIpc) is 2.47. The van der Waals surface area contributed by atoms with E-state index in [0.717, 1.165) is 5.69 Å². The van der Waals surface area contributed by atoms with Gasteiger partial charge in [0.2, 0.25) is 0 Å². The van der Waals surface area contributed by atoms with Gasteiger partial charge in [0.05, 0.1) is 18.5 Å². The number of amides is 1. The predicted octanol–water partition coefficient (Wildman–Crippen LogP) is 0.0101. The highest BCUT2D eigenvalue weighted by Crippen LogP contribution is 2.03. The van der Waals surface area contributed by atoms with Gasteiger partial charge in [-0.1, -0.05) is 5.16 Å². The molecule has 0 fully saturated rings. The molecule has 0 aliphatic carbocycles. The van der Waals surface area contributed by atoms with E-state index in [-0.39, 0.29) is 23.9 Å². The van der Waals surface area contributed by atoms with Gasteiger partial charge in [-0.05, 0) is 6.92 Å². The highest BCUT2D eigenvalue weighted by molar-refractivity contribution is 5.92. The van der Waals surface area contributed by atoms with Gasteiger partial charge in [0.25, 0.3) is 5.91 Å². The number of amidine groups is 1. The molecule has 110 valence electrons. The summed E-state index contributed by atoms with van der Waals surface area (Å²) in [4.78, 5) is 21.9. The van der Waals surface area contributed by atoms with Gasteiger partial charge in [0.15, 0.2) is 0 Å². The molecule has 0 atom stereocenters. The molecule has 3 N–H and O–H groups in total. The SMILES string of the molecule is COCCN(CCC(N)=NO)C(=O)c1cnc(C)cn1. The van der Waals surface area contributed by atoms with Crippen LogP contribution in [0.2, 0.25) is 0 Å². The van der Waals surface area contributed by atoms with Crippen molar-refractivity contribution in [2.75, 3.05) is 26.8 Å². The minimum absolute atomic E-state index is 0.0650. The van der Waals surface area contributed by atoms with E-state index < -0.39 is 0 Å². The zero-order chi connectivity index (χ0) is 15.0. The molecular weight excluding hydrogens is 262 g/mol. The molecule has 8 nitrogen and oxygen atoms in total. The van der Waals surface area contributed by atoms with Crippen LogP contribution >= 0.6 is 0 Å². The monoisotopic (exact) mass is 281 g/mol. The van der Waals surface area contributed by atoms with Gasteiger partial charge in [0, 0.05) is 32.8 Å². The lowest BCUT2D eigenvalue weighted by atomic mass is 10.3. The van der Waals surface area contributed by atoms with Crippen molar-refractivity contribution in [3.63, 3.8) is 0 Å². The van der Waals surface area contributed by atoms with Crippen molar-refractivity contribution in [1.29, 1.82) is 0 Å². The summed E-state index contributed by atoms with van der Waals surface area (Å²) in [6.07, 6.45) is 3.23. The molecule has 0 saturated heterocycles. The lowest BCUT2D eigenvalue weighted by Gasteiger charge is -2.21. The number of hydrogen-bond donors (Lipinski definition) is 2. The number of nitrogens with two attached hydrogens (primary N) is 1. The Bertz CT molecular complexity index is 461. The molecule has 1 amide bonds. The van der Waals surface area contributed by atoms with E-state index >= 15 is 0 Å². The Kier molecular flexibility index (Phi) is 6.38. The van der Waals surface area contributed by atoms with Gasteiger partial charge in [-0.3, -0.25) is 9.78 Å². The Morgan fingerprint density at radius 3 is 2.75 bits per heavy atom. The van der Waals surface area contributed by atoms with Crippen molar-refractivity contribution in [2.24, 2.45) is 10.9 Å². The number of nitrogens with zero attached hydrogens (tertiary/aromatic N) is 4. The van der Waals surface area contributed by atoms with Crippen LogP contribution in [-0.4, -0.2) is 58.6 Å². The van der Waals surface area contributed by atoms with Crippen LogP contribution in [0.3, 0.4) is 0 Å². The van der Waals surface area contributed by atoms with Crippen molar-refractivity contribution in [2.45, 2.75) is 13.3 Å². The third kappa shape index (κ3) is 4.81. The van der Waals surface area contributed by atoms with Crippen LogP contribution in [0.25, 0.3) is 0 Å². The van der Waals surface area contributed by atoms with Crippen molar-refractivity contribution >= 4 is 11.7 Å². The predicted molar refractivity (Wildman–Crippen MR) is 72.6 cm³/mol. The fourth-order valence-electron chi connectivity index (χ4n) is 1.48. The average molecular weight is 281 g/mol.